The number of esters is 2. The number of carboxylic acids is 1. The molecule has 0 aromatic carbocycles. The fraction of sp³-hybridized carbons (Fsp3) is 0.545. The molecule has 1 atom stereocenters. The maximum absolute atomic E-state index is 11.3. The molecule has 0 spiro atoms. The van der Waals surface area contributed by atoms with Crippen LogP contribution in [0.25, 0.3) is 0 Å². The van der Waals surface area contributed by atoms with E-state index in [0.29, 0.717) is 0 Å². The third-order valence-corrected chi connectivity index (χ3v) is 1.80. The van der Waals surface area contributed by atoms with Crippen LogP contribution in [0.3, 0.4) is 0 Å². The van der Waals surface area contributed by atoms with E-state index in [1.807, 2.05) is 0 Å². The van der Waals surface area contributed by atoms with Crippen LogP contribution in [0.1, 0.15) is 13.3 Å². The Balaban J connectivity index is 4.09. The summed E-state index contributed by atoms with van der Waals surface area (Å²) in [4.78, 5) is 32.9. The molecular weight excluding hydrogens is 244 g/mol. The minimum absolute atomic E-state index is 0.0489. The number of carboxylic acid groups (broad SMARTS) is 1. The van der Waals surface area contributed by atoms with Gasteiger partial charge in [0.25, 0.3) is 0 Å². The van der Waals surface area contributed by atoms with Crippen molar-refractivity contribution in [1.29, 1.82) is 0 Å². The second-order valence-corrected chi connectivity index (χ2v) is 3.38. The molecule has 0 aliphatic rings. The molecule has 0 radical (unpaired) electrons. The fourth-order valence-corrected chi connectivity index (χ4v) is 0.890. The molecule has 0 aromatic heterocycles. The lowest BCUT2D eigenvalue weighted by atomic mass is 10.2. The highest BCUT2D eigenvalue weighted by Crippen LogP contribution is 2.05. The van der Waals surface area contributed by atoms with E-state index in [1.165, 1.54) is 14.0 Å². The van der Waals surface area contributed by atoms with Gasteiger partial charge in [-0.05, 0) is 6.92 Å². The minimum atomic E-state index is -1.20. The number of aliphatic carboxylic acids is 1. The fourth-order valence-electron chi connectivity index (χ4n) is 0.890. The van der Waals surface area contributed by atoms with E-state index in [-0.39, 0.29) is 18.8 Å². The first-order chi connectivity index (χ1) is 8.38. The summed E-state index contributed by atoms with van der Waals surface area (Å²) in [6.07, 6.45) is -1.66. The average Bonchev–Trinajstić information content (AvgIpc) is 2.28. The first kappa shape index (κ1) is 16.1. The van der Waals surface area contributed by atoms with Crippen molar-refractivity contribution in [3.63, 3.8) is 0 Å². The van der Waals surface area contributed by atoms with Gasteiger partial charge in [-0.1, -0.05) is 6.58 Å². The average molecular weight is 260 g/mol. The molecule has 0 aliphatic heterocycles. The molecule has 0 saturated carbocycles. The van der Waals surface area contributed by atoms with Crippen LogP contribution in [0.2, 0.25) is 0 Å². The predicted octanol–water partition coefficient (Wildman–Crippen LogP) is 0.139. The second kappa shape index (κ2) is 8.24. The highest BCUT2D eigenvalue weighted by molar-refractivity contribution is 5.94. The lowest BCUT2D eigenvalue weighted by molar-refractivity contribution is -0.165. The zero-order valence-corrected chi connectivity index (χ0v) is 10.3. The molecule has 0 rings (SSSR count). The largest absolute Gasteiger partial charge is 0.481 e. The van der Waals surface area contributed by atoms with Crippen LogP contribution in [0.4, 0.5) is 0 Å². The molecule has 1 N–H and O–H groups in total. The van der Waals surface area contributed by atoms with Gasteiger partial charge >= 0.3 is 17.9 Å². The molecule has 7 heteroatoms. The third-order valence-electron chi connectivity index (χ3n) is 1.80. The van der Waals surface area contributed by atoms with E-state index in [1.54, 1.807) is 0 Å². The molecule has 1 unspecified atom stereocenters. The minimum Gasteiger partial charge on any atom is -0.481 e. The van der Waals surface area contributed by atoms with E-state index in [0.717, 1.165) is 0 Å². The molecule has 0 aliphatic carbocycles. The van der Waals surface area contributed by atoms with Gasteiger partial charge in [0.05, 0.1) is 13.0 Å². The van der Waals surface area contributed by atoms with Gasteiger partial charge in [-0.25, -0.2) is 9.59 Å². The predicted molar refractivity (Wildman–Crippen MR) is 59.8 cm³/mol. The van der Waals surface area contributed by atoms with E-state index in [9.17, 15) is 14.4 Å². The Morgan fingerprint density at radius 1 is 1.28 bits per heavy atom. The van der Waals surface area contributed by atoms with Crippen molar-refractivity contribution in [3.8, 4) is 0 Å². The van der Waals surface area contributed by atoms with Crippen molar-refractivity contribution in [2.45, 2.75) is 19.4 Å². The number of carbonyl (C=O) groups excluding carboxylic acids is 2. The summed E-state index contributed by atoms with van der Waals surface area (Å²) in [7, 11) is 1.45. The zero-order chi connectivity index (χ0) is 14.1. The molecule has 0 bridgehead atoms. The molecule has 0 saturated heterocycles. The SMILES string of the molecule is C=C(CC(=O)O)C(=O)OC(C)C(=O)OCCOC. The van der Waals surface area contributed by atoms with Crippen LogP contribution in [0.15, 0.2) is 12.2 Å². The van der Waals surface area contributed by atoms with Crippen LogP contribution in [-0.4, -0.2) is 49.4 Å². The van der Waals surface area contributed by atoms with Crippen molar-refractivity contribution >= 4 is 17.9 Å². The molecule has 18 heavy (non-hydrogen) atoms. The third kappa shape index (κ3) is 6.64. The molecule has 0 amide bonds. The topological polar surface area (TPSA) is 99.1 Å². The van der Waals surface area contributed by atoms with Crippen LogP contribution in [0.5, 0.6) is 0 Å². The summed E-state index contributed by atoms with van der Waals surface area (Å²) in [6, 6.07) is 0. The van der Waals surface area contributed by atoms with Gasteiger partial charge in [-0.15, -0.1) is 0 Å². The maximum Gasteiger partial charge on any atom is 0.347 e. The Bertz CT molecular complexity index is 334. The van der Waals surface area contributed by atoms with E-state index < -0.39 is 30.4 Å². The molecule has 0 aromatic rings. The van der Waals surface area contributed by atoms with Crippen molar-refractivity contribution in [1.82, 2.24) is 0 Å². The summed E-state index contributed by atoms with van der Waals surface area (Å²) in [5, 5.41) is 8.45. The standard InChI is InChI=1S/C11H16O7/c1-7(6-9(12)13)10(14)18-8(2)11(15)17-5-4-16-3/h8H,1,4-6H2,2-3H3,(H,12,13). The summed E-state index contributed by atoms with van der Waals surface area (Å²) in [6.45, 7) is 4.86. The van der Waals surface area contributed by atoms with E-state index in [4.69, 9.17) is 9.84 Å². The van der Waals surface area contributed by atoms with Crippen LogP contribution in [0, 0.1) is 0 Å². The lowest BCUT2D eigenvalue weighted by Crippen LogP contribution is -2.28. The first-order valence-electron chi connectivity index (χ1n) is 5.14. The summed E-state index contributed by atoms with van der Waals surface area (Å²) in [5.41, 5.74) is -0.237. The number of rotatable bonds is 8. The first-order valence-corrected chi connectivity index (χ1v) is 5.14. The van der Waals surface area contributed by atoms with Crippen molar-refractivity contribution in [2.24, 2.45) is 0 Å². The molecule has 0 heterocycles. The Labute approximate surface area is 104 Å². The van der Waals surface area contributed by atoms with Crippen molar-refractivity contribution in [2.75, 3.05) is 20.3 Å². The highest BCUT2D eigenvalue weighted by atomic mass is 16.6. The summed E-state index contributed by atoms with van der Waals surface area (Å²) in [5.74, 6) is -2.87. The summed E-state index contributed by atoms with van der Waals surface area (Å²) < 4.78 is 14.1. The van der Waals surface area contributed by atoms with Gasteiger partial charge < -0.3 is 19.3 Å². The number of hydrogen-bond donors (Lipinski definition) is 1. The number of hydrogen-bond acceptors (Lipinski definition) is 6. The molecule has 7 nitrogen and oxygen atoms in total. The molecular formula is C11H16O7. The second-order valence-electron chi connectivity index (χ2n) is 3.38. The van der Waals surface area contributed by atoms with E-state index >= 15 is 0 Å². The normalized spacial score (nSPS) is 11.4. The zero-order valence-electron chi connectivity index (χ0n) is 10.3. The molecule has 102 valence electrons. The number of carbonyl (C=O) groups is 3. The highest BCUT2D eigenvalue weighted by Gasteiger charge is 2.21. The van der Waals surface area contributed by atoms with Crippen LogP contribution in [-0.2, 0) is 28.6 Å². The van der Waals surface area contributed by atoms with Gasteiger partial charge in [0.1, 0.15) is 6.61 Å². The molecule has 0 fully saturated rings. The van der Waals surface area contributed by atoms with Crippen LogP contribution < -0.4 is 0 Å². The van der Waals surface area contributed by atoms with Crippen molar-refractivity contribution < 1.29 is 33.7 Å². The van der Waals surface area contributed by atoms with Gasteiger partial charge in [0.2, 0.25) is 0 Å². The smallest absolute Gasteiger partial charge is 0.347 e. The van der Waals surface area contributed by atoms with Crippen LogP contribution >= 0.6 is 0 Å². The Kier molecular flexibility index (Phi) is 7.37. The van der Waals surface area contributed by atoms with Gasteiger partial charge in [-0.3, -0.25) is 4.79 Å². The summed E-state index contributed by atoms with van der Waals surface area (Å²) >= 11 is 0. The van der Waals surface area contributed by atoms with Crippen molar-refractivity contribution in [3.05, 3.63) is 12.2 Å². The Morgan fingerprint density at radius 3 is 2.39 bits per heavy atom. The van der Waals surface area contributed by atoms with Gasteiger partial charge in [0, 0.05) is 12.7 Å². The Morgan fingerprint density at radius 2 is 1.89 bits per heavy atom. The lowest BCUT2D eigenvalue weighted by Gasteiger charge is -2.12. The number of ether oxygens (including phenoxy) is 3. The number of methoxy groups -OCH3 is 1. The Hall–Kier alpha value is -1.89. The van der Waals surface area contributed by atoms with E-state index in [2.05, 4.69) is 16.1 Å². The monoisotopic (exact) mass is 260 g/mol. The van der Waals surface area contributed by atoms with Gasteiger partial charge in [0.15, 0.2) is 6.10 Å². The quantitative estimate of drug-likeness (QED) is 0.376. The van der Waals surface area contributed by atoms with Gasteiger partial charge in [-0.2, -0.15) is 0 Å². The maximum atomic E-state index is 11.3.